The predicted molar refractivity (Wildman–Crippen MR) is 50.4 cm³/mol. The molecule has 0 unspecified atom stereocenters. The van der Waals surface area contributed by atoms with Crippen LogP contribution >= 0.6 is 0 Å². The molecule has 0 saturated heterocycles. The SMILES string of the molecule is NCc1cn(C2CCC(F)(F)CC2)nn1. The average molecular weight is 216 g/mol. The van der Waals surface area contributed by atoms with Crippen LogP contribution in [0.4, 0.5) is 8.78 Å². The first-order valence-corrected chi connectivity index (χ1v) is 5.09. The molecule has 0 atom stereocenters. The molecule has 1 saturated carbocycles. The van der Waals surface area contributed by atoms with Crippen molar-refractivity contribution in [2.45, 2.75) is 44.2 Å². The first kappa shape index (κ1) is 10.5. The number of nitrogens with zero attached hydrogens (tertiary/aromatic N) is 3. The van der Waals surface area contributed by atoms with Crippen molar-refractivity contribution in [3.8, 4) is 0 Å². The summed E-state index contributed by atoms with van der Waals surface area (Å²) in [7, 11) is 0. The van der Waals surface area contributed by atoms with Gasteiger partial charge in [0.1, 0.15) is 0 Å². The number of alkyl halides is 2. The van der Waals surface area contributed by atoms with E-state index in [0.717, 1.165) is 0 Å². The highest BCUT2D eigenvalue weighted by Gasteiger charge is 2.35. The minimum Gasteiger partial charge on any atom is -0.325 e. The Hall–Kier alpha value is -1.04. The molecule has 2 rings (SSSR count). The maximum Gasteiger partial charge on any atom is 0.248 e. The van der Waals surface area contributed by atoms with E-state index < -0.39 is 5.92 Å². The Morgan fingerprint density at radius 2 is 2.13 bits per heavy atom. The molecule has 1 aliphatic carbocycles. The van der Waals surface area contributed by atoms with Gasteiger partial charge in [0.15, 0.2) is 0 Å². The van der Waals surface area contributed by atoms with Gasteiger partial charge in [-0.1, -0.05) is 5.21 Å². The van der Waals surface area contributed by atoms with Gasteiger partial charge in [0.25, 0.3) is 0 Å². The van der Waals surface area contributed by atoms with Crippen LogP contribution in [0.2, 0.25) is 0 Å². The van der Waals surface area contributed by atoms with Crippen LogP contribution in [-0.4, -0.2) is 20.9 Å². The number of aromatic nitrogens is 3. The van der Waals surface area contributed by atoms with Crippen LogP contribution in [0.25, 0.3) is 0 Å². The van der Waals surface area contributed by atoms with E-state index in [0.29, 0.717) is 25.1 Å². The van der Waals surface area contributed by atoms with Crippen molar-refractivity contribution in [2.24, 2.45) is 5.73 Å². The lowest BCUT2D eigenvalue weighted by Gasteiger charge is -2.27. The van der Waals surface area contributed by atoms with Gasteiger partial charge in [0.05, 0.1) is 17.9 Å². The molecule has 4 nitrogen and oxygen atoms in total. The zero-order valence-corrected chi connectivity index (χ0v) is 8.37. The fraction of sp³-hybridized carbons (Fsp3) is 0.778. The fourth-order valence-corrected chi connectivity index (χ4v) is 1.87. The first-order chi connectivity index (χ1) is 7.11. The maximum absolute atomic E-state index is 12.9. The van der Waals surface area contributed by atoms with Gasteiger partial charge in [0, 0.05) is 19.4 Å². The zero-order chi connectivity index (χ0) is 10.9. The molecule has 1 heterocycles. The summed E-state index contributed by atoms with van der Waals surface area (Å²) in [5.41, 5.74) is 6.10. The standard InChI is InChI=1S/C9H14F2N4/c10-9(11)3-1-8(2-4-9)15-6-7(5-12)13-14-15/h6,8H,1-5,12H2. The highest BCUT2D eigenvalue weighted by atomic mass is 19.3. The van der Waals surface area contributed by atoms with Crippen molar-refractivity contribution in [2.75, 3.05) is 0 Å². The van der Waals surface area contributed by atoms with E-state index in [1.54, 1.807) is 10.9 Å². The lowest BCUT2D eigenvalue weighted by Crippen LogP contribution is -2.26. The number of hydrogen-bond donors (Lipinski definition) is 1. The van der Waals surface area contributed by atoms with E-state index in [4.69, 9.17) is 5.73 Å². The lowest BCUT2D eigenvalue weighted by atomic mass is 9.92. The molecule has 15 heavy (non-hydrogen) atoms. The molecule has 1 aromatic rings. The van der Waals surface area contributed by atoms with Gasteiger partial charge < -0.3 is 5.73 Å². The summed E-state index contributed by atoms with van der Waals surface area (Å²) in [6.07, 6.45) is 2.54. The van der Waals surface area contributed by atoms with Crippen molar-refractivity contribution < 1.29 is 8.78 Å². The van der Waals surface area contributed by atoms with Crippen molar-refractivity contribution in [3.05, 3.63) is 11.9 Å². The summed E-state index contributed by atoms with van der Waals surface area (Å²) in [6.45, 7) is 0.336. The van der Waals surface area contributed by atoms with Gasteiger partial charge in [-0.25, -0.2) is 13.5 Å². The van der Waals surface area contributed by atoms with Gasteiger partial charge in [0.2, 0.25) is 5.92 Å². The Kier molecular flexibility index (Phi) is 2.68. The highest BCUT2D eigenvalue weighted by molar-refractivity contribution is 4.93. The van der Waals surface area contributed by atoms with Crippen LogP contribution in [0.5, 0.6) is 0 Å². The third-order valence-corrected chi connectivity index (χ3v) is 2.83. The molecule has 0 spiro atoms. The number of nitrogens with two attached hydrogens (primary N) is 1. The van der Waals surface area contributed by atoms with E-state index in [-0.39, 0.29) is 18.9 Å². The molecule has 1 aromatic heterocycles. The van der Waals surface area contributed by atoms with E-state index in [2.05, 4.69) is 10.3 Å². The number of halogens is 2. The third-order valence-electron chi connectivity index (χ3n) is 2.83. The normalized spacial score (nSPS) is 21.8. The van der Waals surface area contributed by atoms with Crippen LogP contribution in [0, 0.1) is 0 Å². The molecule has 0 bridgehead atoms. The molecule has 0 aliphatic heterocycles. The molecule has 1 aliphatic rings. The zero-order valence-electron chi connectivity index (χ0n) is 8.37. The van der Waals surface area contributed by atoms with Crippen molar-refractivity contribution in [3.63, 3.8) is 0 Å². The van der Waals surface area contributed by atoms with E-state index >= 15 is 0 Å². The quantitative estimate of drug-likeness (QED) is 0.814. The van der Waals surface area contributed by atoms with E-state index in [1.807, 2.05) is 0 Å². The second-order valence-corrected chi connectivity index (χ2v) is 3.98. The van der Waals surface area contributed by atoms with Crippen molar-refractivity contribution in [1.82, 2.24) is 15.0 Å². The highest BCUT2D eigenvalue weighted by Crippen LogP contribution is 2.37. The monoisotopic (exact) mass is 216 g/mol. The molecule has 2 N–H and O–H groups in total. The van der Waals surface area contributed by atoms with Crippen LogP contribution < -0.4 is 5.73 Å². The average Bonchev–Trinajstić information content (AvgIpc) is 2.66. The Morgan fingerprint density at radius 3 is 2.67 bits per heavy atom. The lowest BCUT2D eigenvalue weighted by molar-refractivity contribution is -0.0451. The summed E-state index contributed by atoms with van der Waals surface area (Å²) in [5.74, 6) is -2.49. The van der Waals surface area contributed by atoms with Crippen molar-refractivity contribution in [1.29, 1.82) is 0 Å². The van der Waals surface area contributed by atoms with Gasteiger partial charge in [-0.05, 0) is 12.8 Å². The summed E-state index contributed by atoms with van der Waals surface area (Å²) in [4.78, 5) is 0. The second kappa shape index (κ2) is 3.84. The minimum absolute atomic E-state index is 0.0532. The smallest absolute Gasteiger partial charge is 0.248 e. The first-order valence-electron chi connectivity index (χ1n) is 5.09. The van der Waals surface area contributed by atoms with Gasteiger partial charge in [-0.15, -0.1) is 5.10 Å². The summed E-state index contributed by atoms with van der Waals surface area (Å²) < 4.78 is 27.5. The molecule has 1 fully saturated rings. The van der Waals surface area contributed by atoms with E-state index in [1.165, 1.54) is 0 Å². The summed E-state index contributed by atoms with van der Waals surface area (Å²) >= 11 is 0. The minimum atomic E-state index is -2.49. The number of hydrogen-bond acceptors (Lipinski definition) is 3. The Bertz CT molecular complexity index is 327. The van der Waals surface area contributed by atoms with Crippen LogP contribution in [0.1, 0.15) is 37.4 Å². The largest absolute Gasteiger partial charge is 0.325 e. The van der Waals surface area contributed by atoms with Crippen molar-refractivity contribution >= 4 is 0 Å². The molecule has 84 valence electrons. The van der Waals surface area contributed by atoms with Gasteiger partial charge >= 0.3 is 0 Å². The van der Waals surface area contributed by atoms with Crippen LogP contribution in [-0.2, 0) is 6.54 Å². The van der Waals surface area contributed by atoms with Gasteiger partial charge in [-0.2, -0.15) is 0 Å². The number of rotatable bonds is 2. The third kappa shape index (κ3) is 2.31. The molecule has 0 radical (unpaired) electrons. The molecule has 0 amide bonds. The molecule has 0 aromatic carbocycles. The Balaban J connectivity index is 2.01. The molecular formula is C9H14F2N4. The van der Waals surface area contributed by atoms with Crippen LogP contribution in [0.3, 0.4) is 0 Å². The fourth-order valence-electron chi connectivity index (χ4n) is 1.87. The van der Waals surface area contributed by atoms with Gasteiger partial charge in [-0.3, -0.25) is 0 Å². The second-order valence-electron chi connectivity index (χ2n) is 3.98. The van der Waals surface area contributed by atoms with Crippen LogP contribution in [0.15, 0.2) is 6.20 Å². The Labute approximate surface area is 86.4 Å². The van der Waals surface area contributed by atoms with E-state index in [9.17, 15) is 8.78 Å². The Morgan fingerprint density at radius 1 is 1.47 bits per heavy atom. The maximum atomic E-state index is 12.9. The topological polar surface area (TPSA) is 56.7 Å². The molecule has 6 heteroatoms. The molecular weight excluding hydrogens is 202 g/mol. The predicted octanol–water partition coefficient (Wildman–Crippen LogP) is 1.49. The summed E-state index contributed by atoms with van der Waals surface area (Å²) in [5, 5.41) is 7.75. The summed E-state index contributed by atoms with van der Waals surface area (Å²) in [6, 6.07) is 0.0532.